The first-order valence-electron chi connectivity index (χ1n) is 11.1. The van der Waals surface area contributed by atoms with Gasteiger partial charge in [0.05, 0.1) is 11.9 Å². The van der Waals surface area contributed by atoms with Crippen molar-refractivity contribution in [3.8, 4) is 0 Å². The second kappa shape index (κ2) is 9.62. The summed E-state index contributed by atoms with van der Waals surface area (Å²) in [5.74, 6) is 0.982. The molecule has 0 saturated carbocycles. The highest BCUT2D eigenvalue weighted by atomic mass is 16.4. The molecule has 0 bridgehead atoms. The van der Waals surface area contributed by atoms with Crippen molar-refractivity contribution in [3.05, 3.63) is 101 Å². The Hall–Kier alpha value is -4.40. The van der Waals surface area contributed by atoms with Gasteiger partial charge in [-0.3, -0.25) is 14.6 Å². The Labute approximate surface area is 196 Å². The third kappa shape index (κ3) is 4.83. The zero-order chi connectivity index (χ0) is 23.3. The zero-order valence-corrected chi connectivity index (χ0v) is 18.5. The fourth-order valence-electron chi connectivity index (χ4n) is 3.91. The fraction of sp³-hybridized carbons (Fsp3) is 0.200. The Morgan fingerprint density at radius 2 is 1.71 bits per heavy atom. The molecular formula is C25H24N6O3. The van der Waals surface area contributed by atoms with Crippen molar-refractivity contribution in [2.45, 2.75) is 6.54 Å². The smallest absolute Gasteiger partial charge is 0.291 e. The predicted octanol–water partition coefficient (Wildman–Crippen LogP) is 2.86. The van der Waals surface area contributed by atoms with Gasteiger partial charge in [0.1, 0.15) is 18.1 Å². The molecule has 1 amide bonds. The van der Waals surface area contributed by atoms with Gasteiger partial charge in [-0.2, -0.15) is 5.10 Å². The summed E-state index contributed by atoms with van der Waals surface area (Å²) in [6.07, 6.45) is 3.18. The van der Waals surface area contributed by atoms with Crippen molar-refractivity contribution in [2.24, 2.45) is 0 Å². The largest absolute Gasteiger partial charge is 0.454 e. The van der Waals surface area contributed by atoms with E-state index in [1.165, 1.54) is 16.4 Å². The lowest BCUT2D eigenvalue weighted by atomic mass is 10.2. The summed E-state index contributed by atoms with van der Waals surface area (Å²) in [7, 11) is 0. The van der Waals surface area contributed by atoms with Gasteiger partial charge in [-0.1, -0.05) is 18.2 Å². The van der Waals surface area contributed by atoms with Crippen LogP contribution in [-0.2, 0) is 6.54 Å². The maximum Gasteiger partial charge on any atom is 0.291 e. The maximum atomic E-state index is 12.4. The lowest BCUT2D eigenvalue weighted by Crippen LogP contribution is -2.47. The van der Waals surface area contributed by atoms with E-state index in [9.17, 15) is 9.59 Å². The van der Waals surface area contributed by atoms with Crippen LogP contribution in [0.2, 0.25) is 0 Å². The quantitative estimate of drug-likeness (QED) is 0.477. The summed E-state index contributed by atoms with van der Waals surface area (Å²) >= 11 is 0. The summed E-state index contributed by atoms with van der Waals surface area (Å²) in [5, 5.41) is 7.28. The summed E-state index contributed by atoms with van der Waals surface area (Å²) in [6, 6.07) is 20.3. The second-order valence-electron chi connectivity index (χ2n) is 7.96. The van der Waals surface area contributed by atoms with Crippen molar-refractivity contribution in [1.29, 1.82) is 0 Å². The van der Waals surface area contributed by atoms with E-state index in [-0.39, 0.29) is 23.8 Å². The highest BCUT2D eigenvalue weighted by Gasteiger charge is 2.19. The molecule has 1 N–H and O–H groups in total. The van der Waals surface area contributed by atoms with Crippen LogP contribution in [0, 0.1) is 0 Å². The number of rotatable bonds is 6. The van der Waals surface area contributed by atoms with Crippen LogP contribution in [0.5, 0.6) is 0 Å². The molecule has 0 atom stereocenters. The lowest BCUT2D eigenvalue weighted by molar-refractivity contribution is 0.0994. The summed E-state index contributed by atoms with van der Waals surface area (Å²) < 4.78 is 7.03. The van der Waals surface area contributed by atoms with Crippen molar-refractivity contribution in [3.63, 3.8) is 0 Å². The Morgan fingerprint density at radius 3 is 2.47 bits per heavy atom. The number of amides is 1. The molecule has 9 heteroatoms. The lowest BCUT2D eigenvalue weighted by Gasteiger charge is -2.36. The molecule has 0 radical (unpaired) electrons. The molecule has 5 rings (SSSR count). The predicted molar refractivity (Wildman–Crippen MR) is 129 cm³/mol. The minimum Gasteiger partial charge on any atom is -0.454 e. The topological polar surface area (TPSA) is 96.5 Å². The van der Waals surface area contributed by atoms with E-state index in [0.717, 1.165) is 32.0 Å². The van der Waals surface area contributed by atoms with Crippen LogP contribution >= 0.6 is 0 Å². The van der Waals surface area contributed by atoms with Crippen molar-refractivity contribution < 1.29 is 9.21 Å². The minimum absolute atomic E-state index is 0.136. The fourth-order valence-corrected chi connectivity index (χ4v) is 3.91. The van der Waals surface area contributed by atoms with E-state index in [1.54, 1.807) is 42.7 Å². The molecular weight excluding hydrogens is 432 g/mol. The second-order valence-corrected chi connectivity index (χ2v) is 7.96. The van der Waals surface area contributed by atoms with Crippen molar-refractivity contribution in [1.82, 2.24) is 14.8 Å². The van der Waals surface area contributed by atoms with Crippen molar-refractivity contribution in [2.75, 3.05) is 41.3 Å². The number of hydrogen-bond donors (Lipinski definition) is 1. The van der Waals surface area contributed by atoms with Gasteiger partial charge in [0.15, 0.2) is 5.76 Å². The van der Waals surface area contributed by atoms with Gasteiger partial charge >= 0.3 is 0 Å². The molecule has 34 heavy (non-hydrogen) atoms. The Balaban J connectivity index is 1.24. The van der Waals surface area contributed by atoms with Crippen LogP contribution in [0.25, 0.3) is 0 Å². The monoisotopic (exact) mass is 456 g/mol. The number of hydrogen-bond acceptors (Lipinski definition) is 7. The normalized spacial score (nSPS) is 13.6. The van der Waals surface area contributed by atoms with Crippen LogP contribution in [0.15, 0.2) is 88.3 Å². The first kappa shape index (κ1) is 21.4. The van der Waals surface area contributed by atoms with E-state index in [4.69, 9.17) is 4.42 Å². The van der Waals surface area contributed by atoms with Gasteiger partial charge in [0, 0.05) is 44.1 Å². The summed E-state index contributed by atoms with van der Waals surface area (Å²) in [5.41, 5.74) is 1.55. The third-order valence-corrected chi connectivity index (χ3v) is 5.69. The Morgan fingerprint density at radius 1 is 0.912 bits per heavy atom. The van der Waals surface area contributed by atoms with Crippen LogP contribution in [0.1, 0.15) is 16.3 Å². The van der Waals surface area contributed by atoms with E-state index >= 15 is 0 Å². The molecule has 0 aliphatic carbocycles. The Bertz CT molecular complexity index is 1310. The first-order valence-corrected chi connectivity index (χ1v) is 11.1. The molecule has 1 aliphatic heterocycles. The number of furan rings is 1. The molecule has 0 spiro atoms. The zero-order valence-electron chi connectivity index (χ0n) is 18.5. The number of anilines is 3. The highest BCUT2D eigenvalue weighted by molar-refractivity contribution is 6.02. The SMILES string of the molecule is O=C(Nc1cccnc1)c1ccc(Cn2nc(N3CCN(c4ccccc4)CC3)ccc2=O)o1. The standard InChI is InChI=1S/C25H24N6O3/c32-24-11-10-23(30-15-13-29(14-16-30)20-6-2-1-3-7-20)28-31(24)18-21-8-9-22(34-21)25(33)27-19-5-4-12-26-17-19/h1-12,17H,13-16,18H2,(H,27,33). The van der Waals surface area contributed by atoms with Gasteiger partial charge in [0.25, 0.3) is 11.5 Å². The number of benzene rings is 1. The van der Waals surface area contributed by atoms with Crippen LogP contribution in [-0.4, -0.2) is 46.9 Å². The number of carbonyl (C=O) groups excluding carboxylic acids is 1. The van der Waals surface area contributed by atoms with Gasteiger partial charge in [-0.05, 0) is 42.5 Å². The van der Waals surface area contributed by atoms with Crippen LogP contribution in [0.3, 0.4) is 0 Å². The van der Waals surface area contributed by atoms with Gasteiger partial charge in [0.2, 0.25) is 0 Å². The number of nitrogens with one attached hydrogen (secondary N) is 1. The highest BCUT2D eigenvalue weighted by Crippen LogP contribution is 2.18. The first-order chi connectivity index (χ1) is 16.7. The number of pyridine rings is 1. The van der Waals surface area contributed by atoms with E-state index in [0.29, 0.717) is 11.4 Å². The molecule has 1 aromatic carbocycles. The van der Waals surface area contributed by atoms with Crippen molar-refractivity contribution >= 4 is 23.1 Å². The molecule has 1 aliphatic rings. The third-order valence-electron chi connectivity index (χ3n) is 5.69. The number of aromatic nitrogens is 3. The number of carbonyl (C=O) groups is 1. The average molecular weight is 457 g/mol. The minimum atomic E-state index is -0.385. The molecule has 4 aromatic rings. The molecule has 1 fully saturated rings. The van der Waals surface area contributed by atoms with Crippen LogP contribution in [0.4, 0.5) is 17.2 Å². The number of para-hydroxylation sites is 1. The molecule has 1 saturated heterocycles. The van der Waals surface area contributed by atoms with Crippen LogP contribution < -0.4 is 20.7 Å². The number of nitrogens with zero attached hydrogens (tertiary/aromatic N) is 5. The Kier molecular flexibility index (Phi) is 6.07. The maximum absolute atomic E-state index is 12.4. The molecule has 172 valence electrons. The van der Waals surface area contributed by atoms with E-state index in [2.05, 4.69) is 37.3 Å². The van der Waals surface area contributed by atoms with Gasteiger partial charge in [-0.25, -0.2) is 4.68 Å². The summed E-state index contributed by atoms with van der Waals surface area (Å²) in [4.78, 5) is 33.3. The molecule has 4 heterocycles. The molecule has 0 unspecified atom stereocenters. The summed E-state index contributed by atoms with van der Waals surface area (Å²) in [6.45, 7) is 3.49. The van der Waals surface area contributed by atoms with E-state index in [1.807, 2.05) is 18.2 Å². The van der Waals surface area contributed by atoms with E-state index < -0.39 is 0 Å². The van der Waals surface area contributed by atoms with Gasteiger partial charge < -0.3 is 19.5 Å². The number of piperazine rings is 1. The molecule has 9 nitrogen and oxygen atoms in total. The molecule has 3 aromatic heterocycles. The average Bonchev–Trinajstić information content (AvgIpc) is 3.35. The van der Waals surface area contributed by atoms with Gasteiger partial charge in [-0.15, -0.1) is 0 Å².